The van der Waals surface area contributed by atoms with Crippen LogP contribution in [-0.4, -0.2) is 66.4 Å². The van der Waals surface area contributed by atoms with Crippen molar-refractivity contribution in [3.63, 3.8) is 0 Å². The van der Waals surface area contributed by atoms with E-state index in [4.69, 9.17) is 0 Å². The second-order valence-corrected chi connectivity index (χ2v) is 7.96. The highest BCUT2D eigenvalue weighted by Crippen LogP contribution is 2.37. The molecule has 0 spiro atoms. The molecule has 0 aromatic heterocycles. The molecule has 7 heteroatoms. The average Bonchev–Trinajstić information content (AvgIpc) is 2.98. The van der Waals surface area contributed by atoms with Crippen LogP contribution in [0.25, 0.3) is 0 Å². The maximum atomic E-state index is 14.4. The Hall–Kier alpha value is -2.54. The number of fused-ring (bicyclic) bond motifs is 1. The van der Waals surface area contributed by atoms with Crippen LogP contribution in [0.3, 0.4) is 0 Å². The molecule has 1 saturated heterocycles. The molecule has 2 amide bonds. The third kappa shape index (κ3) is 3.59. The summed E-state index contributed by atoms with van der Waals surface area (Å²) in [6.45, 7) is 0.177. The predicted octanol–water partition coefficient (Wildman–Crippen LogP) is 3.77. The van der Waals surface area contributed by atoms with Gasteiger partial charge in [0.05, 0.1) is 12.6 Å². The smallest absolute Gasteiger partial charge is 0.317 e. The normalized spacial score (nSPS) is 23.7. The molecule has 2 aliphatic rings. The van der Waals surface area contributed by atoms with E-state index >= 15 is 0 Å². The zero-order valence-electron chi connectivity index (χ0n) is 16.5. The summed E-state index contributed by atoms with van der Waals surface area (Å²) in [6, 6.07) is 11.8. The number of hydrogen-bond acceptors (Lipinski definition) is 2. The second kappa shape index (κ2) is 7.37. The molecule has 154 valence electrons. The van der Waals surface area contributed by atoms with Crippen LogP contribution >= 0.6 is 0 Å². The monoisotopic (exact) mass is 403 g/mol. The Morgan fingerprint density at radius 3 is 2.48 bits per heavy atom. The van der Waals surface area contributed by atoms with Gasteiger partial charge in [0.25, 0.3) is 5.92 Å². The number of amides is 2. The third-order valence-corrected chi connectivity index (χ3v) is 5.94. The van der Waals surface area contributed by atoms with Crippen LogP contribution in [0.1, 0.15) is 22.7 Å². The number of hydrogen-bond donors (Lipinski definition) is 0. The number of benzene rings is 2. The van der Waals surface area contributed by atoms with Gasteiger partial charge < -0.3 is 9.80 Å². The first-order chi connectivity index (χ1) is 13.8. The van der Waals surface area contributed by atoms with E-state index in [9.17, 15) is 18.0 Å². The first-order valence-electron chi connectivity index (χ1n) is 9.71. The molecule has 0 radical (unpaired) electrons. The van der Waals surface area contributed by atoms with E-state index in [0.29, 0.717) is 13.0 Å². The molecule has 4 rings (SSSR count). The van der Waals surface area contributed by atoms with Gasteiger partial charge in [-0.05, 0) is 42.3 Å². The van der Waals surface area contributed by atoms with E-state index < -0.39 is 24.0 Å². The van der Waals surface area contributed by atoms with E-state index in [1.54, 1.807) is 24.1 Å². The number of carbonyl (C=O) groups excluding carboxylic acids is 1. The fraction of sp³-hybridized carbons (Fsp3) is 0.409. The predicted molar refractivity (Wildman–Crippen MR) is 104 cm³/mol. The van der Waals surface area contributed by atoms with Crippen LogP contribution in [0.4, 0.5) is 18.0 Å². The van der Waals surface area contributed by atoms with Crippen molar-refractivity contribution in [2.75, 3.05) is 33.7 Å². The van der Waals surface area contributed by atoms with Gasteiger partial charge in [0.1, 0.15) is 11.9 Å². The molecule has 0 unspecified atom stereocenters. The largest absolute Gasteiger partial charge is 0.321 e. The zero-order valence-corrected chi connectivity index (χ0v) is 16.5. The van der Waals surface area contributed by atoms with Crippen LogP contribution in [0.15, 0.2) is 48.5 Å². The number of likely N-dealkylation sites (N-methyl/N-ethyl adjacent to an activating group) is 2. The van der Waals surface area contributed by atoms with Crippen LogP contribution in [0.5, 0.6) is 0 Å². The summed E-state index contributed by atoms with van der Waals surface area (Å²) in [5, 5.41) is 0. The van der Waals surface area contributed by atoms with Crippen LogP contribution < -0.4 is 0 Å². The topological polar surface area (TPSA) is 26.8 Å². The van der Waals surface area contributed by atoms with Gasteiger partial charge in [-0.3, -0.25) is 4.90 Å². The molecule has 29 heavy (non-hydrogen) atoms. The molecule has 1 fully saturated rings. The van der Waals surface area contributed by atoms with Gasteiger partial charge in [-0.15, -0.1) is 0 Å². The van der Waals surface area contributed by atoms with Crippen molar-refractivity contribution in [2.24, 2.45) is 0 Å². The minimum atomic E-state index is -2.96. The number of rotatable bonds is 2. The van der Waals surface area contributed by atoms with Gasteiger partial charge in [0.15, 0.2) is 0 Å². The summed E-state index contributed by atoms with van der Waals surface area (Å²) in [6.07, 6.45) is 0.647. The molecule has 0 aliphatic carbocycles. The second-order valence-electron chi connectivity index (χ2n) is 7.96. The van der Waals surface area contributed by atoms with Crippen molar-refractivity contribution in [1.82, 2.24) is 14.7 Å². The molecule has 0 N–H and O–H groups in total. The maximum Gasteiger partial charge on any atom is 0.321 e. The lowest BCUT2D eigenvalue weighted by molar-refractivity contribution is -0.0374. The Morgan fingerprint density at radius 1 is 1.14 bits per heavy atom. The van der Waals surface area contributed by atoms with Crippen molar-refractivity contribution in [3.8, 4) is 0 Å². The standard InChI is InChI=1S/C22H24F3N3O/c1-26-13-19(22(24,25)14-26)27(2)21(29)28-12-11-15-5-3-4-6-18(15)20(28)16-7-9-17(23)10-8-16/h3-10,19-20H,11-14H2,1-2H3/t19-,20+/m1/s1. The maximum absolute atomic E-state index is 14.4. The molecular formula is C22H24F3N3O. The molecule has 2 atom stereocenters. The SMILES string of the molecule is CN1C[C@@H](N(C)C(=O)N2CCc3ccccc3[C@@H]2c2ccc(F)cc2)C(F)(F)C1. The summed E-state index contributed by atoms with van der Waals surface area (Å²) in [5.41, 5.74) is 2.82. The highest BCUT2D eigenvalue weighted by atomic mass is 19.3. The van der Waals surface area contributed by atoms with Gasteiger partial charge in [0, 0.05) is 20.1 Å². The van der Waals surface area contributed by atoms with Crippen molar-refractivity contribution in [1.29, 1.82) is 0 Å². The Morgan fingerprint density at radius 2 is 1.83 bits per heavy atom. The highest BCUT2D eigenvalue weighted by molar-refractivity contribution is 5.76. The lowest BCUT2D eigenvalue weighted by Gasteiger charge is -2.41. The molecule has 2 aliphatic heterocycles. The van der Waals surface area contributed by atoms with Crippen molar-refractivity contribution in [2.45, 2.75) is 24.4 Å². The Labute approximate surface area is 168 Å². The molecule has 4 nitrogen and oxygen atoms in total. The number of urea groups is 1. The van der Waals surface area contributed by atoms with Crippen molar-refractivity contribution < 1.29 is 18.0 Å². The summed E-state index contributed by atoms with van der Waals surface area (Å²) in [7, 11) is 3.08. The minimum absolute atomic E-state index is 0.126. The van der Waals surface area contributed by atoms with Gasteiger partial charge in [-0.25, -0.2) is 18.0 Å². The fourth-order valence-electron chi connectivity index (χ4n) is 4.48. The molecule has 2 aromatic carbocycles. The molecule has 0 bridgehead atoms. The van der Waals surface area contributed by atoms with E-state index in [2.05, 4.69) is 0 Å². The molecule has 0 saturated carbocycles. The number of halogens is 3. The van der Waals surface area contributed by atoms with Gasteiger partial charge in [-0.2, -0.15) is 0 Å². The molecular weight excluding hydrogens is 379 g/mol. The number of likely N-dealkylation sites (tertiary alicyclic amines) is 1. The van der Waals surface area contributed by atoms with E-state index in [1.807, 2.05) is 24.3 Å². The summed E-state index contributed by atoms with van der Waals surface area (Å²) >= 11 is 0. The number of carbonyl (C=O) groups is 1. The molecule has 2 aromatic rings. The van der Waals surface area contributed by atoms with E-state index in [0.717, 1.165) is 16.7 Å². The van der Waals surface area contributed by atoms with E-state index in [1.165, 1.54) is 29.0 Å². The first kappa shape index (κ1) is 19.8. The van der Waals surface area contributed by atoms with Crippen LogP contribution in [0.2, 0.25) is 0 Å². The summed E-state index contributed by atoms with van der Waals surface area (Å²) < 4.78 is 42.4. The van der Waals surface area contributed by atoms with Crippen LogP contribution in [0, 0.1) is 5.82 Å². The fourth-order valence-corrected chi connectivity index (χ4v) is 4.48. The Bertz CT molecular complexity index is 902. The minimum Gasteiger partial charge on any atom is -0.317 e. The number of nitrogens with zero attached hydrogens (tertiary/aromatic N) is 3. The van der Waals surface area contributed by atoms with Gasteiger partial charge >= 0.3 is 6.03 Å². The van der Waals surface area contributed by atoms with Gasteiger partial charge in [0.2, 0.25) is 0 Å². The Kier molecular flexibility index (Phi) is 5.02. The Balaban J connectivity index is 1.69. The van der Waals surface area contributed by atoms with Gasteiger partial charge in [-0.1, -0.05) is 36.4 Å². The summed E-state index contributed by atoms with van der Waals surface area (Å²) in [4.78, 5) is 17.7. The highest BCUT2D eigenvalue weighted by Gasteiger charge is 2.51. The average molecular weight is 403 g/mol. The van der Waals surface area contributed by atoms with Crippen molar-refractivity contribution >= 4 is 6.03 Å². The first-order valence-corrected chi connectivity index (χ1v) is 9.71. The van der Waals surface area contributed by atoms with E-state index in [-0.39, 0.29) is 18.9 Å². The number of alkyl halides is 2. The quantitative estimate of drug-likeness (QED) is 0.763. The summed E-state index contributed by atoms with van der Waals surface area (Å²) in [5.74, 6) is -3.32. The lowest BCUT2D eigenvalue weighted by atomic mass is 9.88. The molecule has 2 heterocycles. The third-order valence-electron chi connectivity index (χ3n) is 5.94. The lowest BCUT2D eigenvalue weighted by Crippen LogP contribution is -2.54. The zero-order chi connectivity index (χ0) is 20.8. The van der Waals surface area contributed by atoms with Crippen molar-refractivity contribution in [3.05, 3.63) is 71.0 Å². The van der Waals surface area contributed by atoms with Crippen LogP contribution in [-0.2, 0) is 6.42 Å².